The van der Waals surface area contributed by atoms with E-state index in [9.17, 15) is 26.7 Å². The number of carbonyl (C=O) groups excluding carboxylic acids is 1. The summed E-state index contributed by atoms with van der Waals surface area (Å²) in [6, 6.07) is 2.08. The van der Waals surface area contributed by atoms with E-state index in [0.29, 0.717) is 0 Å². The van der Waals surface area contributed by atoms with Crippen LogP contribution in [0.25, 0.3) is 0 Å². The lowest BCUT2D eigenvalue weighted by Crippen LogP contribution is -2.20. The summed E-state index contributed by atoms with van der Waals surface area (Å²) in [5, 5.41) is 2.36. The molecule has 0 aliphatic heterocycles. The van der Waals surface area contributed by atoms with Crippen LogP contribution in [-0.4, -0.2) is 39.0 Å². The van der Waals surface area contributed by atoms with Gasteiger partial charge in [-0.05, 0) is 12.1 Å². The van der Waals surface area contributed by atoms with E-state index in [1.807, 2.05) is 0 Å². The Morgan fingerprint density at radius 1 is 1.24 bits per heavy atom. The maximum Gasteiger partial charge on any atom is 0.411 e. The molecule has 1 N–H and O–H groups in total. The summed E-state index contributed by atoms with van der Waals surface area (Å²) in [7, 11) is 1.02. The highest BCUT2D eigenvalue weighted by Gasteiger charge is 2.27. The molecule has 0 heterocycles. The molecule has 0 aliphatic rings. The Bertz CT molecular complexity index is 504. The molecule has 0 fully saturated rings. The smallest absolute Gasteiger partial charge is 0.411 e. The molecule has 1 aromatic carbocycles. The lowest BCUT2D eigenvalue weighted by molar-refractivity contribution is -0.172. The van der Waals surface area contributed by atoms with Crippen molar-refractivity contribution >= 4 is 11.7 Å². The van der Waals surface area contributed by atoms with Crippen LogP contribution in [0, 0.1) is 11.6 Å². The Kier molecular flexibility index (Phi) is 5.89. The number of hydrogen-bond acceptors (Lipinski definition) is 4. The Morgan fingerprint density at radius 3 is 2.48 bits per heavy atom. The van der Waals surface area contributed by atoms with Gasteiger partial charge in [-0.1, -0.05) is 0 Å². The summed E-state index contributed by atoms with van der Waals surface area (Å²) in [6.45, 7) is -1.93. The zero-order valence-corrected chi connectivity index (χ0v) is 10.9. The minimum Gasteiger partial charge on any atom is -0.465 e. The molecule has 0 aromatic heterocycles. The predicted molar refractivity (Wildman–Crippen MR) is 63.1 cm³/mol. The van der Waals surface area contributed by atoms with Crippen molar-refractivity contribution in [3.05, 3.63) is 29.3 Å². The number of carbonyl (C=O) groups is 1. The molecule has 9 heteroatoms. The van der Waals surface area contributed by atoms with Gasteiger partial charge in [-0.2, -0.15) is 13.2 Å². The normalized spacial score (nSPS) is 11.3. The first-order valence-corrected chi connectivity index (χ1v) is 5.71. The highest BCUT2D eigenvalue weighted by atomic mass is 19.4. The van der Waals surface area contributed by atoms with Crippen molar-refractivity contribution in [1.29, 1.82) is 0 Å². The number of ether oxygens (including phenoxy) is 2. The largest absolute Gasteiger partial charge is 0.465 e. The van der Waals surface area contributed by atoms with E-state index >= 15 is 0 Å². The molecular formula is C12H12F5NO3. The van der Waals surface area contributed by atoms with Crippen LogP contribution in [0.1, 0.15) is 10.4 Å². The lowest BCUT2D eigenvalue weighted by atomic mass is 10.2. The molecular weight excluding hydrogens is 301 g/mol. The average molecular weight is 313 g/mol. The van der Waals surface area contributed by atoms with Crippen molar-refractivity contribution in [3.63, 3.8) is 0 Å². The predicted octanol–water partition coefficient (Wildman–Crippen LogP) is 2.74. The van der Waals surface area contributed by atoms with Gasteiger partial charge in [-0.25, -0.2) is 13.6 Å². The summed E-state index contributed by atoms with van der Waals surface area (Å²) >= 11 is 0. The maximum atomic E-state index is 13.6. The first-order chi connectivity index (χ1) is 9.76. The van der Waals surface area contributed by atoms with Crippen LogP contribution in [0.3, 0.4) is 0 Å². The van der Waals surface area contributed by atoms with Crippen molar-refractivity contribution in [1.82, 2.24) is 0 Å². The van der Waals surface area contributed by atoms with Gasteiger partial charge < -0.3 is 14.8 Å². The number of nitrogens with one attached hydrogen (secondary N) is 1. The minimum absolute atomic E-state index is 0.163. The number of benzene rings is 1. The van der Waals surface area contributed by atoms with Gasteiger partial charge in [0.1, 0.15) is 6.61 Å². The highest BCUT2D eigenvalue weighted by Crippen LogP contribution is 2.21. The molecule has 0 atom stereocenters. The maximum absolute atomic E-state index is 13.6. The fourth-order valence-electron chi connectivity index (χ4n) is 1.40. The monoisotopic (exact) mass is 313 g/mol. The van der Waals surface area contributed by atoms with Gasteiger partial charge in [-0.15, -0.1) is 0 Å². The Morgan fingerprint density at radius 2 is 1.90 bits per heavy atom. The van der Waals surface area contributed by atoms with Crippen LogP contribution >= 0.6 is 0 Å². The first kappa shape index (κ1) is 17.2. The topological polar surface area (TPSA) is 47.6 Å². The summed E-state index contributed by atoms with van der Waals surface area (Å²) < 4.78 is 71.0. The summed E-state index contributed by atoms with van der Waals surface area (Å²) in [4.78, 5) is 11.1. The van der Waals surface area contributed by atoms with Crippen molar-refractivity contribution in [2.24, 2.45) is 0 Å². The summed E-state index contributed by atoms with van der Waals surface area (Å²) in [5.41, 5.74) is -0.871. The number of anilines is 1. The zero-order valence-electron chi connectivity index (χ0n) is 10.9. The molecule has 0 unspecified atom stereocenters. The van der Waals surface area contributed by atoms with Gasteiger partial charge in [0.15, 0.2) is 11.6 Å². The third kappa shape index (κ3) is 5.18. The third-order valence-electron chi connectivity index (χ3n) is 2.32. The van der Waals surface area contributed by atoms with E-state index in [2.05, 4.69) is 14.8 Å². The zero-order chi connectivity index (χ0) is 16.0. The van der Waals surface area contributed by atoms with E-state index in [4.69, 9.17) is 0 Å². The summed E-state index contributed by atoms with van der Waals surface area (Å²) in [6.07, 6.45) is -4.44. The van der Waals surface area contributed by atoms with Crippen molar-refractivity contribution in [3.8, 4) is 0 Å². The summed E-state index contributed by atoms with van der Waals surface area (Å²) in [5.74, 6) is -3.76. The van der Waals surface area contributed by atoms with Gasteiger partial charge in [0, 0.05) is 6.54 Å². The van der Waals surface area contributed by atoms with Crippen LogP contribution in [0.15, 0.2) is 12.1 Å². The Balaban J connectivity index is 2.57. The quantitative estimate of drug-likeness (QED) is 0.498. The van der Waals surface area contributed by atoms with Gasteiger partial charge in [0.05, 0.1) is 25.0 Å². The Labute approximate surface area is 116 Å². The molecule has 0 aliphatic carbocycles. The van der Waals surface area contributed by atoms with Crippen LogP contribution in [0.2, 0.25) is 0 Å². The first-order valence-electron chi connectivity index (χ1n) is 5.71. The third-order valence-corrected chi connectivity index (χ3v) is 2.32. The molecule has 118 valence electrons. The lowest BCUT2D eigenvalue weighted by Gasteiger charge is -2.11. The fourth-order valence-corrected chi connectivity index (χ4v) is 1.40. The molecule has 0 saturated carbocycles. The molecule has 0 bridgehead atoms. The molecule has 1 rings (SSSR count). The number of esters is 1. The number of methoxy groups -OCH3 is 1. The minimum atomic E-state index is -4.44. The Hall–Kier alpha value is -1.90. The second-order valence-corrected chi connectivity index (χ2v) is 3.87. The van der Waals surface area contributed by atoms with Crippen LogP contribution in [-0.2, 0) is 9.47 Å². The number of rotatable bonds is 6. The SMILES string of the molecule is COC(=O)c1ccc(NCCOCC(F)(F)F)c(F)c1F. The van der Waals surface area contributed by atoms with Crippen LogP contribution < -0.4 is 5.32 Å². The van der Waals surface area contributed by atoms with E-state index in [0.717, 1.165) is 19.2 Å². The average Bonchev–Trinajstić information content (AvgIpc) is 2.41. The molecule has 4 nitrogen and oxygen atoms in total. The molecule has 0 saturated heterocycles. The van der Waals surface area contributed by atoms with Gasteiger partial charge in [0.2, 0.25) is 0 Å². The molecule has 21 heavy (non-hydrogen) atoms. The van der Waals surface area contributed by atoms with E-state index in [-0.39, 0.29) is 18.8 Å². The molecule has 0 radical (unpaired) electrons. The standard InChI is InChI=1S/C12H12F5NO3/c1-20-11(19)7-2-3-8(10(14)9(7)13)18-4-5-21-6-12(15,16)17/h2-3,18H,4-6H2,1H3. The number of alkyl halides is 3. The van der Waals surface area contributed by atoms with Crippen molar-refractivity contribution < 1.29 is 36.2 Å². The van der Waals surface area contributed by atoms with Crippen molar-refractivity contribution in [2.45, 2.75) is 6.18 Å². The molecule has 0 amide bonds. The van der Waals surface area contributed by atoms with Gasteiger partial charge in [-0.3, -0.25) is 0 Å². The van der Waals surface area contributed by atoms with E-state index in [1.54, 1.807) is 0 Å². The molecule has 0 spiro atoms. The number of hydrogen-bond donors (Lipinski definition) is 1. The second kappa shape index (κ2) is 7.21. The highest BCUT2D eigenvalue weighted by molar-refractivity contribution is 5.90. The van der Waals surface area contributed by atoms with E-state index < -0.39 is 36.0 Å². The fraction of sp³-hybridized carbons (Fsp3) is 0.417. The second-order valence-electron chi connectivity index (χ2n) is 3.87. The van der Waals surface area contributed by atoms with Gasteiger partial charge in [0.25, 0.3) is 0 Å². The van der Waals surface area contributed by atoms with Crippen LogP contribution in [0.5, 0.6) is 0 Å². The van der Waals surface area contributed by atoms with E-state index in [1.165, 1.54) is 0 Å². The van der Waals surface area contributed by atoms with Crippen LogP contribution in [0.4, 0.5) is 27.6 Å². The molecule has 1 aromatic rings. The number of halogens is 5. The van der Waals surface area contributed by atoms with Crippen molar-refractivity contribution in [2.75, 3.05) is 32.2 Å². The van der Waals surface area contributed by atoms with Gasteiger partial charge >= 0.3 is 12.1 Å².